The van der Waals surface area contributed by atoms with Gasteiger partial charge in [0.2, 0.25) is 10.0 Å². The number of benzene rings is 1. The van der Waals surface area contributed by atoms with Crippen molar-refractivity contribution in [2.45, 2.75) is 30.7 Å². The molecule has 1 unspecified atom stereocenters. The van der Waals surface area contributed by atoms with Crippen LogP contribution in [0.25, 0.3) is 0 Å². The average molecular weight is 297 g/mol. The Balaban J connectivity index is 2.27. The molecule has 1 heterocycles. The van der Waals surface area contributed by atoms with Crippen molar-refractivity contribution in [3.8, 4) is 0 Å². The fourth-order valence-corrected chi connectivity index (χ4v) is 4.04. The van der Waals surface area contributed by atoms with Crippen LogP contribution in [0.4, 0.5) is 5.69 Å². The molecule has 0 radical (unpaired) electrons. The molecule has 1 aromatic carbocycles. The summed E-state index contributed by atoms with van der Waals surface area (Å²) in [5.41, 5.74) is 7.25. The molecule has 1 aliphatic rings. The Hall–Kier alpha value is -1.11. The van der Waals surface area contributed by atoms with E-state index in [1.165, 1.54) is 0 Å². The van der Waals surface area contributed by atoms with Crippen molar-refractivity contribution >= 4 is 15.7 Å². The molecule has 0 saturated carbocycles. The van der Waals surface area contributed by atoms with E-state index in [9.17, 15) is 8.42 Å². The van der Waals surface area contributed by atoms with Crippen LogP contribution in [0.1, 0.15) is 18.4 Å². The molecule has 1 aliphatic heterocycles. The van der Waals surface area contributed by atoms with E-state index in [2.05, 4.69) is 4.90 Å². The molecule has 1 atom stereocenters. The third-order valence-corrected chi connectivity index (χ3v) is 5.84. The first-order valence-corrected chi connectivity index (χ1v) is 8.29. The quantitative estimate of drug-likeness (QED) is 0.854. The molecule has 2 rings (SSSR count). The molecule has 1 fully saturated rings. The molecule has 6 heteroatoms. The number of rotatable bonds is 3. The summed E-state index contributed by atoms with van der Waals surface area (Å²) < 4.78 is 26.9. The molecular formula is C14H23N3O2S. The van der Waals surface area contributed by atoms with Gasteiger partial charge in [0.1, 0.15) is 0 Å². The van der Waals surface area contributed by atoms with Gasteiger partial charge in [0.05, 0.1) is 4.90 Å². The van der Waals surface area contributed by atoms with Gasteiger partial charge in [-0.15, -0.1) is 0 Å². The number of likely N-dealkylation sites (N-methyl/N-ethyl adjacent to an activating group) is 1. The van der Waals surface area contributed by atoms with Crippen LogP contribution in [-0.2, 0) is 10.0 Å². The minimum atomic E-state index is -3.44. The summed E-state index contributed by atoms with van der Waals surface area (Å²) in [6.45, 7) is 3.00. The molecule has 0 spiro atoms. The lowest BCUT2D eigenvalue weighted by Gasteiger charge is -2.35. The predicted octanol–water partition coefficient (Wildman–Crippen LogP) is 1.29. The zero-order valence-electron chi connectivity index (χ0n) is 12.3. The number of nitrogens with zero attached hydrogens (tertiary/aromatic N) is 2. The number of hydrogen-bond donors (Lipinski definition) is 1. The second kappa shape index (κ2) is 5.71. The Kier molecular flexibility index (Phi) is 4.36. The van der Waals surface area contributed by atoms with E-state index in [-0.39, 0.29) is 6.04 Å². The maximum atomic E-state index is 12.7. The minimum absolute atomic E-state index is 0.279. The maximum Gasteiger partial charge on any atom is 0.243 e. The third kappa shape index (κ3) is 2.97. The van der Waals surface area contributed by atoms with Gasteiger partial charge in [0, 0.05) is 24.8 Å². The topological polar surface area (TPSA) is 66.6 Å². The highest BCUT2D eigenvalue weighted by molar-refractivity contribution is 7.89. The van der Waals surface area contributed by atoms with Gasteiger partial charge in [-0.3, -0.25) is 0 Å². The summed E-state index contributed by atoms with van der Waals surface area (Å²) in [4.78, 5) is 2.38. The number of nitrogens with two attached hydrogens (primary N) is 1. The Morgan fingerprint density at radius 3 is 2.65 bits per heavy atom. The third-order valence-electron chi connectivity index (χ3n) is 3.98. The van der Waals surface area contributed by atoms with Crippen molar-refractivity contribution in [1.82, 2.24) is 9.21 Å². The van der Waals surface area contributed by atoms with Crippen LogP contribution >= 0.6 is 0 Å². The second-order valence-electron chi connectivity index (χ2n) is 5.64. The van der Waals surface area contributed by atoms with Gasteiger partial charge < -0.3 is 10.6 Å². The molecule has 0 amide bonds. The largest absolute Gasteiger partial charge is 0.398 e. The molecule has 1 saturated heterocycles. The summed E-state index contributed by atoms with van der Waals surface area (Å²) in [5, 5.41) is 0. The molecular weight excluding hydrogens is 274 g/mol. The van der Waals surface area contributed by atoms with Crippen LogP contribution in [0.3, 0.4) is 0 Å². The molecule has 0 aliphatic carbocycles. The summed E-state index contributed by atoms with van der Waals surface area (Å²) in [7, 11) is 0.540. The highest BCUT2D eigenvalue weighted by atomic mass is 32.2. The number of hydrogen-bond acceptors (Lipinski definition) is 4. The van der Waals surface area contributed by atoms with Crippen LogP contribution in [0.5, 0.6) is 0 Å². The Labute approximate surface area is 121 Å². The first-order valence-electron chi connectivity index (χ1n) is 6.85. The van der Waals surface area contributed by atoms with E-state index in [4.69, 9.17) is 5.73 Å². The van der Waals surface area contributed by atoms with Gasteiger partial charge in [-0.25, -0.2) is 8.42 Å². The number of anilines is 1. The average Bonchev–Trinajstić information content (AvgIpc) is 2.42. The standard InChI is InChI=1S/C14H23N3O2S/c1-11-6-7-13(9-14(11)15)20(18,19)17-8-4-5-12(10-17)16(2)3/h6-7,9,12H,4-5,8,10,15H2,1-3H3. The second-order valence-corrected chi connectivity index (χ2v) is 7.58. The lowest BCUT2D eigenvalue weighted by atomic mass is 10.1. The fraction of sp³-hybridized carbons (Fsp3) is 0.571. The highest BCUT2D eigenvalue weighted by Gasteiger charge is 2.31. The lowest BCUT2D eigenvalue weighted by molar-refractivity contribution is 0.190. The first-order chi connectivity index (χ1) is 9.32. The number of aryl methyl sites for hydroxylation is 1. The van der Waals surface area contributed by atoms with Crippen molar-refractivity contribution in [3.05, 3.63) is 23.8 Å². The lowest BCUT2D eigenvalue weighted by Crippen LogP contribution is -2.47. The Bertz CT molecular complexity index is 584. The van der Waals surface area contributed by atoms with Gasteiger partial charge in [-0.2, -0.15) is 4.31 Å². The van der Waals surface area contributed by atoms with Crippen molar-refractivity contribution in [1.29, 1.82) is 0 Å². The Morgan fingerprint density at radius 1 is 1.35 bits per heavy atom. The molecule has 0 bridgehead atoms. The van der Waals surface area contributed by atoms with Crippen molar-refractivity contribution in [2.75, 3.05) is 32.9 Å². The van der Waals surface area contributed by atoms with Gasteiger partial charge >= 0.3 is 0 Å². The van der Waals surface area contributed by atoms with Crippen molar-refractivity contribution < 1.29 is 8.42 Å². The van der Waals surface area contributed by atoms with Gasteiger partial charge in [0.15, 0.2) is 0 Å². The van der Waals surface area contributed by atoms with E-state index >= 15 is 0 Å². The SMILES string of the molecule is Cc1ccc(S(=O)(=O)N2CCCC(N(C)C)C2)cc1N. The molecule has 5 nitrogen and oxygen atoms in total. The van der Waals surface area contributed by atoms with E-state index in [0.29, 0.717) is 23.7 Å². The van der Waals surface area contributed by atoms with E-state index in [1.54, 1.807) is 22.5 Å². The van der Waals surface area contributed by atoms with Crippen LogP contribution in [0, 0.1) is 6.92 Å². The van der Waals surface area contributed by atoms with E-state index in [1.807, 2.05) is 21.0 Å². The summed E-state index contributed by atoms with van der Waals surface area (Å²) >= 11 is 0. The predicted molar refractivity (Wildman–Crippen MR) is 81.1 cm³/mol. The molecule has 20 heavy (non-hydrogen) atoms. The summed E-state index contributed by atoms with van der Waals surface area (Å²) in [6.07, 6.45) is 1.93. The number of nitrogen functional groups attached to an aromatic ring is 1. The number of piperidine rings is 1. The van der Waals surface area contributed by atoms with Crippen molar-refractivity contribution in [3.63, 3.8) is 0 Å². The first kappa shape index (κ1) is 15.3. The summed E-state index contributed by atoms with van der Waals surface area (Å²) in [6, 6.07) is 5.24. The molecule has 112 valence electrons. The molecule has 1 aromatic rings. The van der Waals surface area contributed by atoms with E-state index in [0.717, 1.165) is 18.4 Å². The smallest absolute Gasteiger partial charge is 0.243 e. The van der Waals surface area contributed by atoms with Crippen LogP contribution in [-0.4, -0.2) is 50.8 Å². The fourth-order valence-electron chi connectivity index (χ4n) is 2.49. The normalized spacial score (nSPS) is 21.3. The minimum Gasteiger partial charge on any atom is -0.398 e. The van der Waals surface area contributed by atoms with E-state index < -0.39 is 10.0 Å². The Morgan fingerprint density at radius 2 is 2.05 bits per heavy atom. The summed E-state index contributed by atoms with van der Waals surface area (Å²) in [5.74, 6) is 0. The zero-order chi connectivity index (χ0) is 14.9. The van der Waals surface area contributed by atoms with Gasteiger partial charge in [-0.1, -0.05) is 6.07 Å². The molecule has 0 aromatic heterocycles. The van der Waals surface area contributed by atoms with Gasteiger partial charge in [-0.05, 0) is 51.6 Å². The monoisotopic (exact) mass is 297 g/mol. The zero-order valence-corrected chi connectivity index (χ0v) is 13.2. The van der Waals surface area contributed by atoms with Crippen LogP contribution in [0.15, 0.2) is 23.1 Å². The van der Waals surface area contributed by atoms with Crippen molar-refractivity contribution in [2.24, 2.45) is 0 Å². The van der Waals surface area contributed by atoms with Gasteiger partial charge in [0.25, 0.3) is 0 Å². The molecule has 2 N–H and O–H groups in total. The maximum absolute atomic E-state index is 12.7. The highest BCUT2D eigenvalue weighted by Crippen LogP contribution is 2.24. The number of sulfonamides is 1. The van der Waals surface area contributed by atoms with Crippen LogP contribution < -0.4 is 5.73 Å². The van der Waals surface area contributed by atoms with Crippen LogP contribution in [0.2, 0.25) is 0 Å².